The molecule has 2 heterocycles. The third-order valence-electron chi connectivity index (χ3n) is 4.57. The Morgan fingerprint density at radius 1 is 1.17 bits per heavy atom. The van der Waals surface area contributed by atoms with Gasteiger partial charge >= 0.3 is 6.18 Å². The fraction of sp³-hybridized carbons (Fsp3) is 0.286. The normalized spacial score (nSPS) is 11.6. The number of carbonyl (C=O) groups excluding carboxylic acids is 1. The first kappa shape index (κ1) is 20.6. The molecule has 0 aliphatic carbocycles. The number of pyridine rings is 2. The molecule has 0 aliphatic heterocycles. The van der Waals surface area contributed by atoms with E-state index in [4.69, 9.17) is 0 Å². The monoisotopic (exact) mass is 403 g/mol. The number of amides is 1. The fourth-order valence-corrected chi connectivity index (χ4v) is 3.13. The Kier molecular flexibility index (Phi) is 6.00. The Balaban J connectivity index is 1.94. The van der Waals surface area contributed by atoms with Crippen LogP contribution in [0.2, 0.25) is 0 Å². The van der Waals surface area contributed by atoms with Crippen molar-refractivity contribution in [3.63, 3.8) is 0 Å². The zero-order valence-electron chi connectivity index (χ0n) is 15.8. The number of fused-ring (bicyclic) bond motifs is 1. The van der Waals surface area contributed by atoms with Crippen LogP contribution in [0.5, 0.6) is 0 Å². The minimum absolute atomic E-state index is 0.116. The molecule has 152 valence electrons. The van der Waals surface area contributed by atoms with Crippen molar-refractivity contribution in [2.45, 2.75) is 32.5 Å². The second-order valence-electron chi connectivity index (χ2n) is 6.66. The molecule has 0 bridgehead atoms. The highest BCUT2D eigenvalue weighted by molar-refractivity contribution is 5.97. The summed E-state index contributed by atoms with van der Waals surface area (Å²) in [6.07, 6.45) is 1.37. The summed E-state index contributed by atoms with van der Waals surface area (Å²) in [6.45, 7) is 2.67. The van der Waals surface area contributed by atoms with E-state index in [1.54, 1.807) is 17.0 Å². The van der Waals surface area contributed by atoms with Gasteiger partial charge in [0.25, 0.3) is 5.91 Å². The van der Waals surface area contributed by atoms with Crippen LogP contribution in [-0.2, 0) is 19.1 Å². The number of nitrogens with zero attached hydrogens (tertiary/aromatic N) is 2. The largest absolute Gasteiger partial charge is 0.416 e. The first-order chi connectivity index (χ1) is 13.8. The maximum Gasteiger partial charge on any atom is 0.416 e. The molecule has 0 unspecified atom stereocenters. The molecular formula is C21H20F3N3O2. The van der Waals surface area contributed by atoms with Gasteiger partial charge in [0.1, 0.15) is 5.56 Å². The third-order valence-corrected chi connectivity index (χ3v) is 4.57. The number of nitrogens with one attached hydrogen (secondary N) is 1. The molecule has 0 fully saturated rings. The highest BCUT2D eigenvalue weighted by Crippen LogP contribution is 2.30. The van der Waals surface area contributed by atoms with Gasteiger partial charge in [-0.2, -0.15) is 13.2 Å². The second-order valence-corrected chi connectivity index (χ2v) is 6.66. The van der Waals surface area contributed by atoms with Gasteiger partial charge in [0, 0.05) is 37.1 Å². The molecular weight excluding hydrogens is 383 g/mol. The molecule has 29 heavy (non-hydrogen) atoms. The van der Waals surface area contributed by atoms with Crippen molar-refractivity contribution in [2.75, 3.05) is 6.54 Å². The smallest absolute Gasteiger partial charge is 0.352 e. The molecule has 1 amide bonds. The van der Waals surface area contributed by atoms with Crippen LogP contribution >= 0.6 is 0 Å². The van der Waals surface area contributed by atoms with Gasteiger partial charge in [0.05, 0.1) is 11.1 Å². The van der Waals surface area contributed by atoms with E-state index in [1.165, 1.54) is 12.3 Å². The van der Waals surface area contributed by atoms with Gasteiger partial charge in [-0.05, 0) is 48.7 Å². The minimum Gasteiger partial charge on any atom is -0.352 e. The summed E-state index contributed by atoms with van der Waals surface area (Å²) in [5, 5.41) is 2.56. The van der Waals surface area contributed by atoms with Crippen LogP contribution in [0.3, 0.4) is 0 Å². The molecule has 3 rings (SSSR count). The first-order valence-electron chi connectivity index (χ1n) is 9.22. The van der Waals surface area contributed by atoms with Crippen molar-refractivity contribution in [3.8, 4) is 0 Å². The summed E-state index contributed by atoms with van der Waals surface area (Å²) in [5.41, 5.74) is -0.449. The highest BCUT2D eigenvalue weighted by Gasteiger charge is 2.31. The molecule has 0 aliphatic rings. The van der Waals surface area contributed by atoms with Crippen LogP contribution in [0.15, 0.2) is 53.7 Å². The van der Waals surface area contributed by atoms with Crippen LogP contribution < -0.4 is 10.7 Å². The quantitative estimate of drug-likeness (QED) is 0.681. The van der Waals surface area contributed by atoms with E-state index in [1.807, 2.05) is 19.1 Å². The van der Waals surface area contributed by atoms with E-state index in [9.17, 15) is 22.8 Å². The van der Waals surface area contributed by atoms with E-state index >= 15 is 0 Å². The van der Waals surface area contributed by atoms with Crippen molar-refractivity contribution in [3.05, 3.63) is 75.8 Å². The van der Waals surface area contributed by atoms with Gasteiger partial charge < -0.3 is 9.88 Å². The standard InChI is InChI=1S/C21H20F3N3O2/c1-2-11-27-13-17(20(29)26-10-7-14-5-8-25-9-6-14)19(28)16-12-15(21(22,23)24)3-4-18(16)27/h3-6,8-9,12-13H,2,7,10-11H2,1H3,(H,26,29). The lowest BCUT2D eigenvalue weighted by Crippen LogP contribution is -2.31. The Morgan fingerprint density at radius 2 is 1.90 bits per heavy atom. The average molecular weight is 403 g/mol. The molecule has 3 aromatic rings. The predicted molar refractivity (Wildman–Crippen MR) is 104 cm³/mol. The first-order valence-corrected chi connectivity index (χ1v) is 9.22. The van der Waals surface area contributed by atoms with Crippen molar-refractivity contribution >= 4 is 16.8 Å². The van der Waals surface area contributed by atoms with Gasteiger partial charge in [0.15, 0.2) is 0 Å². The predicted octanol–water partition coefficient (Wildman–Crippen LogP) is 3.80. The van der Waals surface area contributed by atoms with Gasteiger partial charge in [-0.3, -0.25) is 14.6 Å². The molecule has 0 atom stereocenters. The number of aryl methyl sites for hydroxylation is 1. The van der Waals surface area contributed by atoms with Crippen molar-refractivity contribution in [1.29, 1.82) is 0 Å². The van der Waals surface area contributed by atoms with Gasteiger partial charge in [-0.1, -0.05) is 6.92 Å². The summed E-state index contributed by atoms with van der Waals surface area (Å²) < 4.78 is 40.9. The van der Waals surface area contributed by atoms with Crippen molar-refractivity contribution < 1.29 is 18.0 Å². The average Bonchev–Trinajstić information content (AvgIpc) is 2.70. The number of benzene rings is 1. The summed E-state index contributed by atoms with van der Waals surface area (Å²) in [6, 6.07) is 6.67. The van der Waals surface area contributed by atoms with Crippen molar-refractivity contribution in [1.82, 2.24) is 14.9 Å². The maximum absolute atomic E-state index is 13.1. The van der Waals surface area contributed by atoms with Gasteiger partial charge in [-0.25, -0.2) is 0 Å². The molecule has 2 aromatic heterocycles. The van der Waals surface area contributed by atoms with Gasteiger partial charge in [-0.15, -0.1) is 0 Å². The fourth-order valence-electron chi connectivity index (χ4n) is 3.13. The van der Waals surface area contributed by atoms with Crippen LogP contribution in [0, 0.1) is 0 Å². The lowest BCUT2D eigenvalue weighted by Gasteiger charge is -2.14. The maximum atomic E-state index is 13.1. The van der Waals surface area contributed by atoms with Crippen LogP contribution in [0.25, 0.3) is 10.9 Å². The summed E-state index contributed by atoms with van der Waals surface area (Å²) in [4.78, 5) is 29.3. The van der Waals surface area contributed by atoms with Crippen LogP contribution in [-0.4, -0.2) is 22.0 Å². The van der Waals surface area contributed by atoms with Crippen molar-refractivity contribution in [2.24, 2.45) is 0 Å². The topological polar surface area (TPSA) is 64.0 Å². The molecule has 0 saturated carbocycles. The molecule has 0 radical (unpaired) electrons. The van der Waals surface area contributed by atoms with E-state index in [0.29, 0.717) is 24.9 Å². The number of rotatable bonds is 6. The molecule has 0 saturated heterocycles. The number of aromatic nitrogens is 2. The number of carbonyl (C=O) groups is 1. The minimum atomic E-state index is -4.57. The number of hydrogen-bond acceptors (Lipinski definition) is 3. The highest BCUT2D eigenvalue weighted by atomic mass is 19.4. The number of alkyl halides is 3. The molecule has 1 aromatic carbocycles. The molecule has 5 nitrogen and oxygen atoms in total. The Labute approximate surface area is 165 Å². The van der Waals surface area contributed by atoms with Gasteiger partial charge in [0.2, 0.25) is 5.43 Å². The zero-order chi connectivity index (χ0) is 21.0. The Bertz CT molecular complexity index is 1080. The second kappa shape index (κ2) is 8.46. The van der Waals surface area contributed by atoms with E-state index in [-0.39, 0.29) is 17.5 Å². The van der Waals surface area contributed by atoms with Crippen LogP contribution in [0.4, 0.5) is 13.2 Å². The zero-order valence-corrected chi connectivity index (χ0v) is 15.8. The lowest BCUT2D eigenvalue weighted by atomic mass is 10.1. The summed E-state index contributed by atoms with van der Waals surface area (Å²) >= 11 is 0. The lowest BCUT2D eigenvalue weighted by molar-refractivity contribution is -0.137. The van der Waals surface area contributed by atoms with E-state index in [0.717, 1.165) is 17.7 Å². The molecule has 0 spiro atoms. The van der Waals surface area contributed by atoms with E-state index < -0.39 is 23.1 Å². The summed E-state index contributed by atoms with van der Waals surface area (Å²) in [7, 11) is 0. The Morgan fingerprint density at radius 3 is 2.55 bits per heavy atom. The SMILES string of the molecule is CCCn1cc(C(=O)NCCc2ccncc2)c(=O)c2cc(C(F)(F)F)ccc21. The Hall–Kier alpha value is -3.16. The number of halogens is 3. The molecule has 1 N–H and O–H groups in total. The van der Waals surface area contributed by atoms with Crippen LogP contribution in [0.1, 0.15) is 34.8 Å². The number of hydrogen-bond donors (Lipinski definition) is 1. The summed E-state index contributed by atoms with van der Waals surface area (Å²) in [5.74, 6) is -0.603. The molecule has 8 heteroatoms. The van der Waals surface area contributed by atoms with E-state index in [2.05, 4.69) is 10.3 Å². The third kappa shape index (κ3) is 4.64.